The van der Waals surface area contributed by atoms with Gasteiger partial charge in [0, 0.05) is 12.0 Å². The Morgan fingerprint density at radius 1 is 1.25 bits per heavy atom. The molecule has 122 valence electrons. The number of rotatable bonds is 4. The number of aromatic nitrogens is 3. The Kier molecular flexibility index (Phi) is 4.24. The zero-order valence-electron chi connectivity index (χ0n) is 13.4. The van der Waals surface area contributed by atoms with Crippen LogP contribution in [0.15, 0.2) is 41.5 Å². The quantitative estimate of drug-likeness (QED) is 0.565. The van der Waals surface area contributed by atoms with Crippen molar-refractivity contribution in [3.05, 3.63) is 36.5 Å². The predicted molar refractivity (Wildman–Crippen MR) is 92.6 cm³/mol. The molecule has 0 aliphatic rings. The number of methoxy groups -OCH3 is 1. The van der Waals surface area contributed by atoms with Gasteiger partial charge in [0.15, 0.2) is 23.0 Å². The summed E-state index contributed by atoms with van der Waals surface area (Å²) in [7, 11) is 1.50. The van der Waals surface area contributed by atoms with Crippen LogP contribution < -0.4 is 10.5 Å². The van der Waals surface area contributed by atoms with Crippen LogP contribution in [0.25, 0.3) is 22.4 Å². The molecule has 0 saturated carbocycles. The summed E-state index contributed by atoms with van der Waals surface area (Å²) in [5.41, 5.74) is 8.38. The maximum absolute atomic E-state index is 9.70. The standard InChI is InChI=1S/C17H17N5O2/c1-3-15(18)21-16-9-19-12-6-5-11(20-17(12)22-16)10-4-7-13(23)14(8-10)24-2/h4-9,23H,3H2,1-2H3,(H2,18,20,21,22). The van der Waals surface area contributed by atoms with E-state index < -0.39 is 0 Å². The average Bonchev–Trinajstić information content (AvgIpc) is 2.61. The van der Waals surface area contributed by atoms with Crippen LogP contribution in [-0.2, 0) is 0 Å². The van der Waals surface area contributed by atoms with Gasteiger partial charge in [0.25, 0.3) is 0 Å². The molecular formula is C17H17N5O2. The molecule has 0 saturated heterocycles. The van der Waals surface area contributed by atoms with Gasteiger partial charge in [-0.25, -0.2) is 19.9 Å². The fraction of sp³-hybridized carbons (Fsp3) is 0.176. The van der Waals surface area contributed by atoms with Crippen LogP contribution in [-0.4, -0.2) is 33.0 Å². The van der Waals surface area contributed by atoms with Crippen molar-refractivity contribution in [1.29, 1.82) is 0 Å². The van der Waals surface area contributed by atoms with Gasteiger partial charge in [-0.3, -0.25) is 0 Å². The third kappa shape index (κ3) is 3.10. The van der Waals surface area contributed by atoms with Gasteiger partial charge in [-0.2, -0.15) is 0 Å². The third-order valence-corrected chi connectivity index (χ3v) is 3.49. The van der Waals surface area contributed by atoms with Gasteiger partial charge in [-0.15, -0.1) is 0 Å². The number of ether oxygens (including phenoxy) is 1. The van der Waals surface area contributed by atoms with Crippen molar-refractivity contribution in [1.82, 2.24) is 15.0 Å². The van der Waals surface area contributed by atoms with Crippen molar-refractivity contribution in [3.8, 4) is 22.8 Å². The van der Waals surface area contributed by atoms with E-state index in [1.54, 1.807) is 24.4 Å². The molecule has 0 spiro atoms. The number of nitrogens with zero attached hydrogens (tertiary/aromatic N) is 4. The molecule has 0 aliphatic heterocycles. The smallest absolute Gasteiger partial charge is 0.180 e. The lowest BCUT2D eigenvalue weighted by Gasteiger charge is -2.07. The minimum Gasteiger partial charge on any atom is -0.504 e. The predicted octanol–water partition coefficient (Wildman–Crippen LogP) is 2.80. The summed E-state index contributed by atoms with van der Waals surface area (Å²) in [5.74, 6) is 1.38. The van der Waals surface area contributed by atoms with Gasteiger partial charge in [-0.05, 0) is 30.3 Å². The Balaban J connectivity index is 2.07. The molecule has 0 atom stereocenters. The molecule has 2 heterocycles. The number of phenolic OH excluding ortho intramolecular Hbond substituents is 1. The molecule has 2 aromatic heterocycles. The molecule has 3 rings (SSSR count). The minimum atomic E-state index is 0.0773. The van der Waals surface area contributed by atoms with Crippen LogP contribution in [0.1, 0.15) is 13.3 Å². The van der Waals surface area contributed by atoms with Crippen molar-refractivity contribution in [3.63, 3.8) is 0 Å². The van der Waals surface area contributed by atoms with Crippen molar-refractivity contribution in [2.75, 3.05) is 7.11 Å². The molecule has 0 fully saturated rings. The van der Waals surface area contributed by atoms with E-state index in [0.717, 1.165) is 5.56 Å². The third-order valence-electron chi connectivity index (χ3n) is 3.49. The van der Waals surface area contributed by atoms with Crippen LogP contribution in [0.2, 0.25) is 0 Å². The van der Waals surface area contributed by atoms with Crippen molar-refractivity contribution in [2.24, 2.45) is 10.7 Å². The first-order valence-corrected chi connectivity index (χ1v) is 7.45. The van der Waals surface area contributed by atoms with Crippen LogP contribution in [0.4, 0.5) is 5.82 Å². The topological polar surface area (TPSA) is 107 Å². The Bertz CT molecular complexity index is 924. The summed E-state index contributed by atoms with van der Waals surface area (Å²) >= 11 is 0. The molecule has 0 radical (unpaired) electrons. The molecule has 7 nitrogen and oxygen atoms in total. The zero-order chi connectivity index (χ0) is 17.1. The second kappa shape index (κ2) is 6.49. The van der Waals surface area contributed by atoms with E-state index in [0.29, 0.717) is 40.7 Å². The monoisotopic (exact) mass is 323 g/mol. The lowest BCUT2D eigenvalue weighted by Crippen LogP contribution is -2.08. The SMILES string of the molecule is CCC(N)=Nc1cnc2ccc(-c3ccc(O)c(OC)c3)nc2n1. The van der Waals surface area contributed by atoms with E-state index in [4.69, 9.17) is 10.5 Å². The molecule has 0 amide bonds. The summed E-state index contributed by atoms with van der Waals surface area (Å²) < 4.78 is 5.13. The highest BCUT2D eigenvalue weighted by molar-refractivity contribution is 5.83. The number of benzene rings is 1. The summed E-state index contributed by atoms with van der Waals surface area (Å²) in [6.07, 6.45) is 2.20. The Labute approximate surface area is 138 Å². The van der Waals surface area contributed by atoms with E-state index in [-0.39, 0.29) is 5.75 Å². The van der Waals surface area contributed by atoms with Gasteiger partial charge >= 0.3 is 0 Å². The first-order chi connectivity index (χ1) is 11.6. The highest BCUT2D eigenvalue weighted by Gasteiger charge is 2.08. The number of phenols is 1. The first-order valence-electron chi connectivity index (χ1n) is 7.45. The van der Waals surface area contributed by atoms with Crippen LogP contribution >= 0.6 is 0 Å². The fourth-order valence-electron chi connectivity index (χ4n) is 2.17. The van der Waals surface area contributed by atoms with Crippen LogP contribution in [0.5, 0.6) is 11.5 Å². The first kappa shape index (κ1) is 15.7. The summed E-state index contributed by atoms with van der Waals surface area (Å²) in [4.78, 5) is 17.4. The number of pyridine rings is 1. The molecule has 0 aliphatic carbocycles. The minimum absolute atomic E-state index is 0.0773. The lowest BCUT2D eigenvalue weighted by atomic mass is 10.1. The molecule has 1 aromatic carbocycles. The second-order valence-corrected chi connectivity index (χ2v) is 5.11. The molecule has 0 bridgehead atoms. The van der Waals surface area contributed by atoms with E-state index in [1.807, 2.05) is 19.1 Å². The fourth-order valence-corrected chi connectivity index (χ4v) is 2.17. The molecule has 3 N–H and O–H groups in total. The van der Waals surface area contributed by atoms with Gasteiger partial charge in [0.1, 0.15) is 11.4 Å². The van der Waals surface area contributed by atoms with Gasteiger partial charge in [0.05, 0.1) is 19.0 Å². The maximum Gasteiger partial charge on any atom is 0.180 e. The number of hydrogen-bond acceptors (Lipinski definition) is 6. The molecule has 7 heteroatoms. The number of aliphatic imine (C=N–C) groups is 1. The number of amidine groups is 1. The summed E-state index contributed by atoms with van der Waals surface area (Å²) in [5, 5.41) is 9.70. The van der Waals surface area contributed by atoms with E-state index in [1.165, 1.54) is 7.11 Å². The van der Waals surface area contributed by atoms with Crippen molar-refractivity contribution in [2.45, 2.75) is 13.3 Å². The zero-order valence-corrected chi connectivity index (χ0v) is 13.4. The van der Waals surface area contributed by atoms with Gasteiger partial charge in [0.2, 0.25) is 0 Å². The van der Waals surface area contributed by atoms with Crippen LogP contribution in [0, 0.1) is 0 Å². The average molecular weight is 323 g/mol. The largest absolute Gasteiger partial charge is 0.504 e. The van der Waals surface area contributed by atoms with Gasteiger partial charge < -0.3 is 15.6 Å². The Morgan fingerprint density at radius 2 is 2.08 bits per heavy atom. The number of nitrogens with two attached hydrogens (primary N) is 1. The van der Waals surface area contributed by atoms with E-state index in [2.05, 4.69) is 19.9 Å². The summed E-state index contributed by atoms with van der Waals surface area (Å²) in [6.45, 7) is 1.92. The van der Waals surface area contributed by atoms with Crippen molar-refractivity contribution >= 4 is 22.8 Å². The van der Waals surface area contributed by atoms with Crippen LogP contribution in [0.3, 0.4) is 0 Å². The highest BCUT2D eigenvalue weighted by Crippen LogP contribution is 2.31. The van der Waals surface area contributed by atoms with Gasteiger partial charge in [-0.1, -0.05) is 6.92 Å². The summed E-state index contributed by atoms with van der Waals surface area (Å²) in [6, 6.07) is 8.71. The Morgan fingerprint density at radius 3 is 2.83 bits per heavy atom. The van der Waals surface area contributed by atoms with Crippen molar-refractivity contribution < 1.29 is 9.84 Å². The molecule has 3 aromatic rings. The van der Waals surface area contributed by atoms with E-state index in [9.17, 15) is 5.11 Å². The van der Waals surface area contributed by atoms with E-state index >= 15 is 0 Å². The highest BCUT2D eigenvalue weighted by atomic mass is 16.5. The molecule has 24 heavy (non-hydrogen) atoms. The Hall–Kier alpha value is -3.22. The lowest BCUT2D eigenvalue weighted by molar-refractivity contribution is 0.373. The number of fused-ring (bicyclic) bond motifs is 1. The molecular weight excluding hydrogens is 306 g/mol. The number of hydrogen-bond donors (Lipinski definition) is 2. The molecule has 0 unspecified atom stereocenters. The number of aromatic hydroxyl groups is 1. The normalized spacial score (nSPS) is 11.7. The maximum atomic E-state index is 9.70. The second-order valence-electron chi connectivity index (χ2n) is 5.11.